The van der Waals surface area contributed by atoms with Crippen LogP contribution in [0.5, 0.6) is 0 Å². The maximum atomic E-state index is 13.0. The molecule has 1 aromatic carbocycles. The van der Waals surface area contributed by atoms with Crippen molar-refractivity contribution in [3.63, 3.8) is 0 Å². The van der Waals surface area contributed by atoms with E-state index >= 15 is 0 Å². The molecule has 0 aliphatic rings. The Morgan fingerprint density at radius 1 is 1.35 bits per heavy atom. The predicted molar refractivity (Wildman–Crippen MR) is 70.5 cm³/mol. The van der Waals surface area contributed by atoms with Crippen LogP contribution in [0.1, 0.15) is 21.6 Å². The minimum Gasteiger partial charge on any atom is -0.465 e. The van der Waals surface area contributed by atoms with Gasteiger partial charge in [-0.05, 0) is 35.0 Å². The molecule has 0 radical (unpaired) electrons. The average molecular weight is 348 g/mol. The van der Waals surface area contributed by atoms with Gasteiger partial charge in [-0.2, -0.15) is 13.2 Å². The Balaban J connectivity index is 2.91. The summed E-state index contributed by atoms with van der Waals surface area (Å²) >= 11 is 3.06. The molecule has 3 nitrogen and oxygen atoms in total. The highest BCUT2D eigenvalue weighted by molar-refractivity contribution is 9.10. The van der Waals surface area contributed by atoms with Crippen LogP contribution in [0.4, 0.5) is 13.2 Å². The Bertz CT molecular complexity index is 698. The fourth-order valence-electron chi connectivity index (χ4n) is 1.83. The molecule has 0 unspecified atom stereocenters. The van der Waals surface area contributed by atoms with Crippen LogP contribution in [0.15, 0.2) is 22.7 Å². The van der Waals surface area contributed by atoms with Crippen LogP contribution in [0.25, 0.3) is 10.9 Å². The lowest BCUT2D eigenvalue weighted by molar-refractivity contribution is -0.141. The van der Waals surface area contributed by atoms with Crippen molar-refractivity contribution in [1.82, 2.24) is 4.98 Å². The standard InChI is InChI=1S/C13H9BrF3NO2/c1-6-3-4-8-7(5-6)10(14)9(12(19)20-2)11(18-8)13(15,16)17/h3-5H,1-2H3. The second-order valence-electron chi connectivity index (χ2n) is 4.16. The second-order valence-corrected chi connectivity index (χ2v) is 4.95. The number of methoxy groups -OCH3 is 1. The van der Waals surface area contributed by atoms with E-state index in [1.165, 1.54) is 6.07 Å². The topological polar surface area (TPSA) is 39.2 Å². The smallest absolute Gasteiger partial charge is 0.434 e. The zero-order chi connectivity index (χ0) is 15.1. The fourth-order valence-corrected chi connectivity index (χ4v) is 2.50. The first-order valence-corrected chi connectivity index (χ1v) is 6.30. The largest absolute Gasteiger partial charge is 0.465 e. The number of fused-ring (bicyclic) bond motifs is 1. The number of halogens is 4. The van der Waals surface area contributed by atoms with E-state index in [9.17, 15) is 18.0 Å². The summed E-state index contributed by atoms with van der Waals surface area (Å²) in [6, 6.07) is 4.78. The SMILES string of the molecule is COC(=O)c1c(C(F)(F)F)nc2ccc(C)cc2c1Br. The molecule has 20 heavy (non-hydrogen) atoms. The summed E-state index contributed by atoms with van der Waals surface area (Å²) in [7, 11) is 1.02. The molecule has 2 rings (SSSR count). The molecular formula is C13H9BrF3NO2. The molecule has 0 saturated carbocycles. The van der Waals surface area contributed by atoms with Crippen molar-refractivity contribution in [3.05, 3.63) is 39.5 Å². The Labute approximate surface area is 120 Å². The van der Waals surface area contributed by atoms with E-state index in [4.69, 9.17) is 0 Å². The molecule has 106 valence electrons. The lowest BCUT2D eigenvalue weighted by Gasteiger charge is -2.14. The molecule has 1 heterocycles. The van der Waals surface area contributed by atoms with Crippen molar-refractivity contribution < 1.29 is 22.7 Å². The minimum absolute atomic E-state index is 0.0328. The summed E-state index contributed by atoms with van der Waals surface area (Å²) in [4.78, 5) is 15.2. The van der Waals surface area contributed by atoms with Crippen LogP contribution in [0.3, 0.4) is 0 Å². The lowest BCUT2D eigenvalue weighted by Crippen LogP contribution is -2.17. The number of hydrogen-bond acceptors (Lipinski definition) is 3. The molecule has 1 aromatic heterocycles. The second kappa shape index (κ2) is 5.05. The summed E-state index contributed by atoms with van der Waals surface area (Å²) in [5.74, 6) is -1.08. The number of aryl methyl sites for hydroxylation is 1. The third kappa shape index (κ3) is 2.49. The Hall–Kier alpha value is -1.63. The number of aromatic nitrogens is 1. The highest BCUT2D eigenvalue weighted by Gasteiger charge is 2.39. The van der Waals surface area contributed by atoms with Crippen molar-refractivity contribution in [2.45, 2.75) is 13.1 Å². The third-order valence-electron chi connectivity index (χ3n) is 2.74. The van der Waals surface area contributed by atoms with Crippen LogP contribution in [-0.4, -0.2) is 18.1 Å². The number of nitrogens with zero attached hydrogens (tertiary/aromatic N) is 1. The van der Waals surface area contributed by atoms with Gasteiger partial charge in [0.2, 0.25) is 0 Å². The number of hydrogen-bond donors (Lipinski definition) is 0. The van der Waals surface area contributed by atoms with Crippen molar-refractivity contribution in [2.75, 3.05) is 7.11 Å². The van der Waals surface area contributed by atoms with Crippen LogP contribution in [0, 0.1) is 6.92 Å². The number of benzene rings is 1. The molecule has 0 fully saturated rings. The van der Waals surface area contributed by atoms with Crippen LogP contribution >= 0.6 is 15.9 Å². The molecule has 0 saturated heterocycles. The molecular weight excluding hydrogens is 339 g/mol. The Kier molecular flexibility index (Phi) is 3.73. The first-order chi connectivity index (χ1) is 9.25. The fraction of sp³-hybridized carbons (Fsp3) is 0.231. The van der Waals surface area contributed by atoms with Gasteiger partial charge in [-0.15, -0.1) is 0 Å². The van der Waals surface area contributed by atoms with Crippen LogP contribution in [0.2, 0.25) is 0 Å². The van der Waals surface area contributed by atoms with E-state index < -0.39 is 23.4 Å². The molecule has 2 aromatic rings. The van der Waals surface area contributed by atoms with E-state index in [1.807, 2.05) is 0 Å². The van der Waals surface area contributed by atoms with Crippen LogP contribution in [-0.2, 0) is 10.9 Å². The first-order valence-electron chi connectivity index (χ1n) is 5.51. The van der Waals surface area contributed by atoms with E-state index in [1.54, 1.807) is 19.1 Å². The van der Waals surface area contributed by atoms with Crippen molar-refractivity contribution in [1.29, 1.82) is 0 Å². The monoisotopic (exact) mass is 347 g/mol. The summed E-state index contributed by atoms with van der Waals surface area (Å²) in [5, 5.41) is 0.429. The Morgan fingerprint density at radius 3 is 2.55 bits per heavy atom. The summed E-state index contributed by atoms with van der Waals surface area (Å²) in [5.41, 5.74) is -0.872. The molecule has 0 atom stereocenters. The van der Waals surface area contributed by atoms with Gasteiger partial charge in [0.1, 0.15) is 5.56 Å². The van der Waals surface area contributed by atoms with Gasteiger partial charge in [0.15, 0.2) is 5.69 Å². The highest BCUT2D eigenvalue weighted by Crippen LogP contribution is 2.37. The van der Waals surface area contributed by atoms with Gasteiger partial charge in [0.05, 0.1) is 12.6 Å². The molecule has 7 heteroatoms. The van der Waals surface area contributed by atoms with Gasteiger partial charge < -0.3 is 4.74 Å². The van der Waals surface area contributed by atoms with E-state index in [2.05, 4.69) is 25.7 Å². The maximum absolute atomic E-state index is 13.0. The Morgan fingerprint density at radius 2 is 2.00 bits per heavy atom. The summed E-state index contributed by atoms with van der Waals surface area (Å²) < 4.78 is 43.6. The van der Waals surface area contributed by atoms with Gasteiger partial charge in [0, 0.05) is 9.86 Å². The van der Waals surface area contributed by atoms with Gasteiger partial charge in [0.25, 0.3) is 0 Å². The molecule has 0 bridgehead atoms. The maximum Gasteiger partial charge on any atom is 0.434 e. The molecule has 0 aliphatic carbocycles. The number of alkyl halides is 3. The molecule has 0 N–H and O–H groups in total. The van der Waals surface area contributed by atoms with Gasteiger partial charge >= 0.3 is 12.1 Å². The minimum atomic E-state index is -4.74. The zero-order valence-corrected chi connectivity index (χ0v) is 12.1. The van der Waals surface area contributed by atoms with Crippen molar-refractivity contribution in [2.24, 2.45) is 0 Å². The number of carbonyl (C=O) groups excluding carboxylic acids is 1. The number of esters is 1. The average Bonchev–Trinajstić information content (AvgIpc) is 2.37. The van der Waals surface area contributed by atoms with Gasteiger partial charge in [-0.1, -0.05) is 11.6 Å². The van der Waals surface area contributed by atoms with E-state index in [0.717, 1.165) is 12.7 Å². The normalized spacial score (nSPS) is 11.7. The van der Waals surface area contributed by atoms with Crippen molar-refractivity contribution >= 4 is 32.8 Å². The summed E-state index contributed by atoms with van der Waals surface area (Å²) in [6.07, 6.45) is -4.74. The quantitative estimate of drug-likeness (QED) is 0.728. The molecule has 0 amide bonds. The number of carbonyl (C=O) groups is 1. The molecule has 0 aliphatic heterocycles. The van der Waals surface area contributed by atoms with Gasteiger partial charge in [-0.25, -0.2) is 9.78 Å². The van der Waals surface area contributed by atoms with Crippen LogP contribution < -0.4 is 0 Å². The number of rotatable bonds is 1. The predicted octanol–water partition coefficient (Wildman–Crippen LogP) is 4.11. The zero-order valence-electron chi connectivity index (χ0n) is 10.5. The lowest BCUT2D eigenvalue weighted by atomic mass is 10.1. The first kappa shape index (κ1) is 14.8. The highest BCUT2D eigenvalue weighted by atomic mass is 79.9. The van der Waals surface area contributed by atoms with E-state index in [-0.39, 0.29) is 9.99 Å². The third-order valence-corrected chi connectivity index (χ3v) is 3.56. The molecule has 0 spiro atoms. The van der Waals surface area contributed by atoms with Gasteiger partial charge in [-0.3, -0.25) is 0 Å². The summed E-state index contributed by atoms with van der Waals surface area (Å²) in [6.45, 7) is 1.79. The van der Waals surface area contributed by atoms with E-state index in [0.29, 0.717) is 5.39 Å². The number of pyridine rings is 1. The number of ether oxygens (including phenoxy) is 1. The van der Waals surface area contributed by atoms with Crippen molar-refractivity contribution in [3.8, 4) is 0 Å².